The molecule has 2 atom stereocenters. The van der Waals surface area contributed by atoms with Crippen LogP contribution < -0.4 is 10.5 Å². The molecule has 0 aromatic heterocycles. The summed E-state index contributed by atoms with van der Waals surface area (Å²) in [6, 6.07) is 5.58. The topological polar surface area (TPSA) is 58.7 Å². The van der Waals surface area contributed by atoms with Gasteiger partial charge in [0.15, 0.2) is 0 Å². The lowest BCUT2D eigenvalue weighted by molar-refractivity contribution is 0.122. The number of nitrogen functional groups attached to an aromatic ring is 1. The fourth-order valence-electron chi connectivity index (χ4n) is 3.02. The molecule has 0 saturated carbocycles. The van der Waals surface area contributed by atoms with Crippen LogP contribution in [0.25, 0.3) is 0 Å². The van der Waals surface area contributed by atoms with Gasteiger partial charge in [0, 0.05) is 13.1 Å². The second-order valence-electron chi connectivity index (χ2n) is 6.08. The summed E-state index contributed by atoms with van der Waals surface area (Å²) in [5.74, 6) is 1.47. The number of hydrogen-bond acceptors (Lipinski definition) is 4. The lowest BCUT2D eigenvalue weighted by Crippen LogP contribution is -2.35. The number of hydrogen-bond donors (Lipinski definition) is 2. The Morgan fingerprint density at radius 2 is 2.29 bits per heavy atom. The maximum absolute atomic E-state index is 10.3. The van der Waals surface area contributed by atoms with Crippen molar-refractivity contribution in [3.05, 3.63) is 23.8 Å². The van der Waals surface area contributed by atoms with Crippen LogP contribution in [0.3, 0.4) is 0 Å². The SMILES string of the molecule is CCOc1ccc(C(O)CCN2CCCC(C)C2)cc1N. The molecule has 3 N–H and O–H groups in total. The van der Waals surface area contributed by atoms with E-state index in [2.05, 4.69) is 11.8 Å². The van der Waals surface area contributed by atoms with Gasteiger partial charge in [0.25, 0.3) is 0 Å². The van der Waals surface area contributed by atoms with Crippen LogP contribution in [-0.2, 0) is 0 Å². The van der Waals surface area contributed by atoms with E-state index >= 15 is 0 Å². The molecule has 0 bridgehead atoms. The molecule has 1 aromatic rings. The zero-order valence-corrected chi connectivity index (χ0v) is 13.2. The summed E-state index contributed by atoms with van der Waals surface area (Å²) in [5, 5.41) is 10.3. The van der Waals surface area contributed by atoms with Gasteiger partial charge in [0.1, 0.15) is 5.75 Å². The smallest absolute Gasteiger partial charge is 0.142 e. The third-order valence-electron chi connectivity index (χ3n) is 4.18. The number of ether oxygens (including phenoxy) is 1. The maximum Gasteiger partial charge on any atom is 0.142 e. The first-order chi connectivity index (χ1) is 10.1. The molecular formula is C17H28N2O2. The molecule has 1 aliphatic rings. The van der Waals surface area contributed by atoms with Crippen molar-refractivity contribution in [2.75, 3.05) is 32.0 Å². The lowest BCUT2D eigenvalue weighted by atomic mass is 9.99. The minimum absolute atomic E-state index is 0.458. The summed E-state index contributed by atoms with van der Waals surface area (Å²) in [4.78, 5) is 2.45. The monoisotopic (exact) mass is 292 g/mol. The fraction of sp³-hybridized carbons (Fsp3) is 0.647. The highest BCUT2D eigenvalue weighted by Gasteiger charge is 2.18. The van der Waals surface area contributed by atoms with Crippen molar-refractivity contribution < 1.29 is 9.84 Å². The molecule has 1 aliphatic heterocycles. The number of likely N-dealkylation sites (tertiary alicyclic amines) is 1. The number of piperidine rings is 1. The fourth-order valence-corrected chi connectivity index (χ4v) is 3.02. The third-order valence-corrected chi connectivity index (χ3v) is 4.18. The Labute approximate surface area is 127 Å². The highest BCUT2D eigenvalue weighted by molar-refractivity contribution is 5.54. The molecule has 1 aromatic carbocycles. The van der Waals surface area contributed by atoms with Crippen molar-refractivity contribution in [2.24, 2.45) is 5.92 Å². The van der Waals surface area contributed by atoms with E-state index in [-0.39, 0.29) is 0 Å². The molecule has 1 fully saturated rings. The molecule has 4 heteroatoms. The first kappa shape index (κ1) is 16.1. The van der Waals surface area contributed by atoms with E-state index < -0.39 is 6.10 Å². The van der Waals surface area contributed by atoms with Crippen LogP contribution in [0, 0.1) is 5.92 Å². The quantitative estimate of drug-likeness (QED) is 0.792. The molecule has 0 radical (unpaired) electrons. The van der Waals surface area contributed by atoms with E-state index in [1.54, 1.807) is 0 Å². The van der Waals surface area contributed by atoms with Crippen molar-refractivity contribution in [1.29, 1.82) is 0 Å². The van der Waals surface area contributed by atoms with Crippen molar-refractivity contribution in [3.63, 3.8) is 0 Å². The molecule has 0 aliphatic carbocycles. The third kappa shape index (κ3) is 4.61. The highest BCUT2D eigenvalue weighted by Crippen LogP contribution is 2.27. The zero-order valence-electron chi connectivity index (χ0n) is 13.2. The zero-order chi connectivity index (χ0) is 15.2. The van der Waals surface area contributed by atoms with Gasteiger partial charge in [-0.25, -0.2) is 0 Å². The van der Waals surface area contributed by atoms with Gasteiger partial charge in [0.05, 0.1) is 18.4 Å². The molecule has 0 amide bonds. The van der Waals surface area contributed by atoms with Crippen molar-refractivity contribution in [2.45, 2.75) is 39.2 Å². The van der Waals surface area contributed by atoms with Gasteiger partial charge < -0.3 is 20.5 Å². The summed E-state index contributed by atoms with van der Waals surface area (Å²) >= 11 is 0. The molecule has 2 unspecified atom stereocenters. The molecule has 118 valence electrons. The number of nitrogens with zero attached hydrogens (tertiary/aromatic N) is 1. The average Bonchev–Trinajstić information content (AvgIpc) is 2.47. The van der Waals surface area contributed by atoms with Crippen LogP contribution in [0.15, 0.2) is 18.2 Å². The van der Waals surface area contributed by atoms with E-state index in [9.17, 15) is 5.11 Å². The summed E-state index contributed by atoms with van der Waals surface area (Å²) in [7, 11) is 0. The van der Waals surface area contributed by atoms with Crippen LogP contribution in [0.2, 0.25) is 0 Å². The molecular weight excluding hydrogens is 264 g/mol. The normalized spacial score (nSPS) is 21.2. The lowest BCUT2D eigenvalue weighted by Gasteiger charge is -2.31. The summed E-state index contributed by atoms with van der Waals surface area (Å²) in [6.45, 7) is 8.08. The number of anilines is 1. The van der Waals surface area contributed by atoms with Crippen LogP contribution >= 0.6 is 0 Å². The molecule has 1 saturated heterocycles. The Bertz CT molecular complexity index is 450. The van der Waals surface area contributed by atoms with Gasteiger partial charge in [-0.05, 0) is 56.3 Å². The summed E-state index contributed by atoms with van der Waals surface area (Å²) in [6.07, 6.45) is 2.89. The summed E-state index contributed by atoms with van der Waals surface area (Å²) < 4.78 is 5.42. The molecule has 21 heavy (non-hydrogen) atoms. The number of aliphatic hydroxyl groups excluding tert-OH is 1. The Morgan fingerprint density at radius 3 is 2.95 bits per heavy atom. The predicted octanol–water partition coefficient (Wildman–Crippen LogP) is 2.82. The van der Waals surface area contributed by atoms with Crippen LogP contribution in [0.1, 0.15) is 44.8 Å². The Hall–Kier alpha value is -1.26. The number of rotatable bonds is 6. The van der Waals surface area contributed by atoms with Crippen molar-refractivity contribution in [3.8, 4) is 5.75 Å². The van der Waals surface area contributed by atoms with Gasteiger partial charge in [-0.1, -0.05) is 13.0 Å². The first-order valence-electron chi connectivity index (χ1n) is 8.02. The van der Waals surface area contributed by atoms with Gasteiger partial charge in [-0.3, -0.25) is 0 Å². The van der Waals surface area contributed by atoms with E-state index in [0.717, 1.165) is 37.5 Å². The van der Waals surface area contributed by atoms with Crippen LogP contribution in [0.4, 0.5) is 5.69 Å². The Balaban J connectivity index is 1.87. The second kappa shape index (κ2) is 7.66. The number of nitrogens with two attached hydrogens (primary N) is 1. The Morgan fingerprint density at radius 1 is 1.48 bits per heavy atom. The second-order valence-corrected chi connectivity index (χ2v) is 6.08. The van der Waals surface area contributed by atoms with Crippen molar-refractivity contribution >= 4 is 5.69 Å². The highest BCUT2D eigenvalue weighted by atomic mass is 16.5. The molecule has 0 spiro atoms. The molecule has 4 nitrogen and oxygen atoms in total. The molecule has 1 heterocycles. The van der Waals surface area contributed by atoms with Gasteiger partial charge >= 0.3 is 0 Å². The number of benzene rings is 1. The van der Waals surface area contributed by atoms with Gasteiger partial charge in [-0.2, -0.15) is 0 Å². The maximum atomic E-state index is 10.3. The average molecular weight is 292 g/mol. The van der Waals surface area contributed by atoms with E-state index in [4.69, 9.17) is 10.5 Å². The van der Waals surface area contributed by atoms with Gasteiger partial charge in [-0.15, -0.1) is 0 Å². The van der Waals surface area contributed by atoms with Gasteiger partial charge in [0.2, 0.25) is 0 Å². The van der Waals surface area contributed by atoms with Crippen LogP contribution in [0.5, 0.6) is 5.75 Å². The van der Waals surface area contributed by atoms with E-state index in [1.807, 2.05) is 25.1 Å². The Kier molecular flexibility index (Phi) is 5.88. The number of aliphatic hydroxyl groups is 1. The van der Waals surface area contributed by atoms with Crippen molar-refractivity contribution in [1.82, 2.24) is 4.90 Å². The molecule has 2 rings (SSSR count). The minimum atomic E-state index is -0.458. The van der Waals surface area contributed by atoms with Crippen LogP contribution in [-0.4, -0.2) is 36.2 Å². The van der Waals surface area contributed by atoms with E-state index in [1.165, 1.54) is 12.8 Å². The predicted molar refractivity (Wildman–Crippen MR) is 86.4 cm³/mol. The minimum Gasteiger partial charge on any atom is -0.492 e. The van der Waals surface area contributed by atoms with E-state index in [0.29, 0.717) is 18.0 Å². The first-order valence-corrected chi connectivity index (χ1v) is 8.02. The standard InChI is InChI=1S/C17H28N2O2/c1-3-21-17-7-6-14(11-15(17)18)16(20)8-10-19-9-4-5-13(2)12-19/h6-7,11,13,16,20H,3-5,8-10,12,18H2,1-2H3. The summed E-state index contributed by atoms with van der Waals surface area (Å²) in [5.41, 5.74) is 7.43. The largest absolute Gasteiger partial charge is 0.492 e.